The topological polar surface area (TPSA) is 258 Å². The fourth-order valence-corrected chi connectivity index (χ4v) is 6.31. The summed E-state index contributed by atoms with van der Waals surface area (Å²) in [5, 5.41) is 22.1. The van der Waals surface area contributed by atoms with Crippen LogP contribution in [0.1, 0.15) is 48.4 Å². The van der Waals surface area contributed by atoms with Gasteiger partial charge in [0.15, 0.2) is 36.8 Å². The number of carbonyl (C=O) groups is 6. The van der Waals surface area contributed by atoms with E-state index in [1.165, 1.54) is 36.4 Å². The van der Waals surface area contributed by atoms with Crippen LogP contribution in [0.3, 0.4) is 0 Å². The molecule has 5 rings (SSSR count). The third-order valence-corrected chi connectivity index (χ3v) is 8.82. The smallest absolute Gasteiger partial charge is 0.338 e. The summed E-state index contributed by atoms with van der Waals surface area (Å²) in [6, 6.07) is 19.9. The van der Waals surface area contributed by atoms with Crippen molar-refractivity contribution in [2.75, 3.05) is 13.2 Å². The van der Waals surface area contributed by atoms with E-state index in [0.29, 0.717) is 0 Å². The zero-order chi connectivity index (χ0) is 43.5. The Morgan fingerprint density at radius 3 is 1.55 bits per heavy atom. The minimum Gasteiger partial charge on any atom is -0.463 e. The molecule has 20 heteroatoms. The quantitative estimate of drug-likeness (QED) is 0.0998. The number of hydrogen-bond acceptors (Lipinski definition) is 19. The van der Waals surface area contributed by atoms with Crippen molar-refractivity contribution >= 4 is 41.5 Å². The fraction of sp³-hybridized carbons (Fsp3) is 0.400. The van der Waals surface area contributed by atoms with Crippen LogP contribution in [0.2, 0.25) is 0 Å². The predicted octanol–water partition coefficient (Wildman–Crippen LogP) is 2.61. The van der Waals surface area contributed by atoms with E-state index in [9.17, 15) is 44.0 Å². The molecule has 0 aliphatic carbocycles. The van der Waals surface area contributed by atoms with Crippen LogP contribution >= 0.6 is 0 Å². The van der Waals surface area contributed by atoms with Crippen molar-refractivity contribution in [3.05, 3.63) is 106 Å². The van der Waals surface area contributed by atoms with Gasteiger partial charge in [0.1, 0.15) is 30.7 Å². The molecule has 0 aromatic heterocycles. The van der Waals surface area contributed by atoms with Crippen molar-refractivity contribution in [3.8, 4) is 5.75 Å². The van der Waals surface area contributed by atoms with Gasteiger partial charge in [-0.25, -0.2) is 9.59 Å². The van der Waals surface area contributed by atoms with Gasteiger partial charge >= 0.3 is 35.8 Å². The molecular formula is C40H41NO19. The summed E-state index contributed by atoms with van der Waals surface area (Å²) in [6.45, 7) is 2.64. The van der Waals surface area contributed by atoms with E-state index in [0.717, 1.165) is 39.8 Å². The largest absolute Gasteiger partial charge is 0.463 e. The van der Waals surface area contributed by atoms with Crippen LogP contribution in [-0.4, -0.2) is 120 Å². The van der Waals surface area contributed by atoms with Gasteiger partial charge in [-0.05, 0) is 36.4 Å². The first-order valence-corrected chi connectivity index (χ1v) is 18.3. The molecule has 0 radical (unpaired) electrons. The second kappa shape index (κ2) is 20.5. The molecule has 10 atom stereocenters. The van der Waals surface area contributed by atoms with Crippen molar-refractivity contribution in [1.29, 1.82) is 0 Å². The standard InChI is InChI=1S/C40H41NO19/c1-21(43)51-20-30-32(52-22(2)44)33(53-23(3)45)35(54-24(4)46)40(57-30)60-34-31(58-37(47)25-11-7-5-8-12-25)29(19-42)56-39(55-28-17-15-27(16-18-28)41(49)50)36(34)59-38(48)26-13-9-6-10-14-26/h5-18,29-36,39-40,42H,19-20H2,1-4H3. The van der Waals surface area contributed by atoms with E-state index in [1.807, 2.05) is 0 Å². The summed E-state index contributed by atoms with van der Waals surface area (Å²) in [5.41, 5.74) is -0.216. The molecule has 3 aromatic rings. The Balaban J connectivity index is 1.66. The lowest BCUT2D eigenvalue weighted by molar-refractivity contribution is -0.384. The van der Waals surface area contributed by atoms with Crippen molar-refractivity contribution in [3.63, 3.8) is 0 Å². The monoisotopic (exact) mass is 839 g/mol. The second-order valence-electron chi connectivity index (χ2n) is 13.2. The molecule has 60 heavy (non-hydrogen) atoms. The van der Waals surface area contributed by atoms with Gasteiger partial charge in [-0.2, -0.15) is 0 Å². The summed E-state index contributed by atoms with van der Waals surface area (Å²) in [4.78, 5) is 87.7. The van der Waals surface area contributed by atoms with Gasteiger partial charge in [0.25, 0.3) is 5.69 Å². The number of ether oxygens (including phenoxy) is 10. The van der Waals surface area contributed by atoms with E-state index < -0.39 is 115 Å². The number of non-ortho nitro benzene ring substituents is 1. The lowest BCUT2D eigenvalue weighted by Gasteiger charge is -2.48. The maximum absolute atomic E-state index is 13.8. The molecule has 0 amide bonds. The van der Waals surface area contributed by atoms with Crippen molar-refractivity contribution in [1.82, 2.24) is 0 Å². The molecule has 2 aliphatic heterocycles. The maximum Gasteiger partial charge on any atom is 0.338 e. The highest BCUT2D eigenvalue weighted by molar-refractivity contribution is 5.90. The summed E-state index contributed by atoms with van der Waals surface area (Å²) in [7, 11) is 0. The average Bonchev–Trinajstić information content (AvgIpc) is 3.21. The Morgan fingerprint density at radius 2 is 1.05 bits per heavy atom. The molecule has 0 saturated carbocycles. The van der Waals surface area contributed by atoms with Crippen molar-refractivity contribution in [2.45, 2.75) is 89.1 Å². The highest BCUT2D eigenvalue weighted by atomic mass is 16.8. The van der Waals surface area contributed by atoms with Crippen LogP contribution in [0.4, 0.5) is 5.69 Å². The van der Waals surface area contributed by atoms with Gasteiger partial charge in [0, 0.05) is 39.8 Å². The number of carbonyl (C=O) groups excluding carboxylic acids is 6. The molecule has 2 heterocycles. The SMILES string of the molecule is CC(=O)OCC1OC(OC2C(OC(=O)c3ccccc3)C(CO)OC(Oc3ccc([N+](=O)[O-])cc3)C2OC(=O)c2ccccc2)C(OC(C)=O)C(OC(C)=O)C1OC(C)=O. The number of nitrogens with zero attached hydrogens (tertiary/aromatic N) is 1. The molecule has 0 spiro atoms. The van der Waals surface area contributed by atoms with Crippen LogP contribution < -0.4 is 4.74 Å². The van der Waals surface area contributed by atoms with Crippen molar-refractivity contribution < 1.29 is 86.2 Å². The number of benzene rings is 3. The molecule has 2 aliphatic rings. The number of nitro groups is 1. The Hall–Kier alpha value is -6.48. The van der Waals surface area contributed by atoms with E-state index in [1.54, 1.807) is 36.4 Å². The summed E-state index contributed by atoms with van der Waals surface area (Å²) < 4.78 is 58.5. The molecule has 20 nitrogen and oxygen atoms in total. The number of hydrogen-bond donors (Lipinski definition) is 1. The van der Waals surface area contributed by atoms with Crippen LogP contribution in [0.15, 0.2) is 84.9 Å². The van der Waals surface area contributed by atoms with Gasteiger partial charge in [0.05, 0.1) is 22.7 Å². The Kier molecular flexibility index (Phi) is 15.2. The molecule has 3 aromatic carbocycles. The molecule has 2 fully saturated rings. The number of aliphatic hydroxyl groups excluding tert-OH is 1. The molecule has 0 bridgehead atoms. The normalized spacial score (nSPS) is 26.0. The molecule has 1 N–H and O–H groups in total. The second-order valence-corrected chi connectivity index (χ2v) is 13.2. The average molecular weight is 840 g/mol. The predicted molar refractivity (Wildman–Crippen MR) is 198 cm³/mol. The minimum atomic E-state index is -1.93. The van der Waals surface area contributed by atoms with Crippen LogP contribution in [0.25, 0.3) is 0 Å². The highest BCUT2D eigenvalue weighted by Crippen LogP contribution is 2.36. The fourth-order valence-electron chi connectivity index (χ4n) is 6.31. The van der Waals surface area contributed by atoms with Crippen LogP contribution in [0, 0.1) is 10.1 Å². The van der Waals surface area contributed by atoms with Gasteiger partial charge < -0.3 is 52.5 Å². The number of nitro benzene ring substituents is 1. The Bertz CT molecular complexity index is 1990. The Labute approximate surface area is 341 Å². The molecule has 2 saturated heterocycles. The van der Waals surface area contributed by atoms with E-state index in [4.69, 9.17) is 47.4 Å². The van der Waals surface area contributed by atoms with E-state index in [2.05, 4.69) is 0 Å². The lowest BCUT2D eigenvalue weighted by Crippen LogP contribution is -2.67. The van der Waals surface area contributed by atoms with Gasteiger partial charge in [0.2, 0.25) is 6.29 Å². The molecule has 10 unspecified atom stereocenters. The first kappa shape index (κ1) is 44.6. The molecular weight excluding hydrogens is 798 g/mol. The van der Waals surface area contributed by atoms with Gasteiger partial charge in [-0.1, -0.05) is 36.4 Å². The first-order valence-electron chi connectivity index (χ1n) is 18.3. The van der Waals surface area contributed by atoms with E-state index >= 15 is 0 Å². The summed E-state index contributed by atoms with van der Waals surface area (Å²) in [5.74, 6) is -5.56. The van der Waals surface area contributed by atoms with Gasteiger partial charge in [-0.15, -0.1) is 0 Å². The maximum atomic E-state index is 13.8. The summed E-state index contributed by atoms with van der Waals surface area (Å²) in [6.07, 6.45) is -17.1. The first-order chi connectivity index (χ1) is 28.6. The third-order valence-electron chi connectivity index (χ3n) is 8.82. The Morgan fingerprint density at radius 1 is 0.583 bits per heavy atom. The number of aliphatic hydroxyl groups is 1. The van der Waals surface area contributed by atoms with Crippen LogP contribution in [0.5, 0.6) is 5.75 Å². The number of rotatable bonds is 15. The lowest BCUT2D eigenvalue weighted by atomic mass is 9.95. The van der Waals surface area contributed by atoms with Crippen molar-refractivity contribution in [2.24, 2.45) is 0 Å². The number of esters is 6. The van der Waals surface area contributed by atoms with E-state index in [-0.39, 0.29) is 22.6 Å². The minimum absolute atomic E-state index is 0.0275. The highest BCUT2D eigenvalue weighted by Gasteiger charge is 2.58. The zero-order valence-electron chi connectivity index (χ0n) is 32.5. The third kappa shape index (κ3) is 11.6. The van der Waals surface area contributed by atoms with Gasteiger partial charge in [-0.3, -0.25) is 29.3 Å². The summed E-state index contributed by atoms with van der Waals surface area (Å²) >= 11 is 0. The molecule has 320 valence electrons. The van der Waals surface area contributed by atoms with Crippen LogP contribution in [-0.2, 0) is 61.8 Å². The zero-order valence-corrected chi connectivity index (χ0v) is 32.5.